The topological polar surface area (TPSA) is 63.4 Å². The highest BCUT2D eigenvalue weighted by Crippen LogP contribution is 2.26. The van der Waals surface area contributed by atoms with Crippen molar-refractivity contribution in [2.75, 3.05) is 0 Å². The number of nitro groups is 1. The second-order valence-electron chi connectivity index (χ2n) is 2.65. The van der Waals surface area contributed by atoms with E-state index in [4.69, 9.17) is 5.11 Å². The summed E-state index contributed by atoms with van der Waals surface area (Å²) in [6, 6.07) is 3.00. The predicted octanol–water partition coefficient (Wildman–Crippen LogP) is 2.16. The number of nitro benzene ring substituents is 1. The Hall–Kier alpha value is -0.940. The third-order valence-electron chi connectivity index (χ3n) is 1.73. The first-order valence-electron chi connectivity index (χ1n) is 3.60. The normalized spacial score (nSPS) is 10.1. The Kier molecular flexibility index (Phi) is 3.00. The van der Waals surface area contributed by atoms with Gasteiger partial charge < -0.3 is 5.11 Å². The van der Waals surface area contributed by atoms with Crippen LogP contribution in [-0.2, 0) is 6.61 Å². The summed E-state index contributed by atoms with van der Waals surface area (Å²) in [6.45, 7) is 1.44. The van der Waals surface area contributed by atoms with Crippen LogP contribution in [0.5, 0.6) is 0 Å². The van der Waals surface area contributed by atoms with Gasteiger partial charge in [-0.15, -0.1) is 0 Å². The molecule has 4 nitrogen and oxygen atoms in total. The van der Waals surface area contributed by atoms with Crippen LogP contribution in [0.25, 0.3) is 0 Å². The number of hydrogen-bond donors (Lipinski definition) is 1. The number of halogens is 1. The van der Waals surface area contributed by atoms with Gasteiger partial charge in [0.15, 0.2) is 0 Å². The quantitative estimate of drug-likeness (QED) is 0.642. The molecule has 0 saturated carbocycles. The molecule has 0 aliphatic rings. The van der Waals surface area contributed by atoms with Gasteiger partial charge >= 0.3 is 0 Å². The molecule has 13 heavy (non-hydrogen) atoms. The number of hydrogen-bond acceptors (Lipinski definition) is 3. The zero-order valence-corrected chi connectivity index (χ0v) is 8.54. The maximum absolute atomic E-state index is 10.5. The first-order chi connectivity index (χ1) is 6.06. The van der Waals surface area contributed by atoms with Gasteiger partial charge in [-0.2, -0.15) is 0 Å². The Labute approximate surface area is 83.5 Å². The molecule has 1 N–H and O–H groups in total. The van der Waals surface area contributed by atoms with Crippen molar-refractivity contribution < 1.29 is 10.0 Å². The van der Waals surface area contributed by atoms with Gasteiger partial charge in [-0.25, -0.2) is 0 Å². The smallest absolute Gasteiger partial charge is 0.275 e. The van der Waals surface area contributed by atoms with E-state index in [2.05, 4.69) is 15.9 Å². The van der Waals surface area contributed by atoms with Crippen LogP contribution >= 0.6 is 15.9 Å². The summed E-state index contributed by atoms with van der Waals surface area (Å²) in [7, 11) is 0. The van der Waals surface area contributed by atoms with Gasteiger partial charge in [0.05, 0.1) is 17.1 Å². The van der Waals surface area contributed by atoms with Crippen molar-refractivity contribution >= 4 is 21.6 Å². The van der Waals surface area contributed by atoms with E-state index in [0.717, 1.165) is 10.0 Å². The molecule has 0 heterocycles. The highest BCUT2D eigenvalue weighted by molar-refractivity contribution is 9.10. The monoisotopic (exact) mass is 245 g/mol. The molecule has 0 bridgehead atoms. The van der Waals surface area contributed by atoms with Crippen LogP contribution in [0.4, 0.5) is 5.69 Å². The molecule has 1 rings (SSSR count). The molecule has 1 aromatic rings. The van der Waals surface area contributed by atoms with E-state index in [1.165, 1.54) is 6.07 Å². The average molecular weight is 246 g/mol. The number of benzene rings is 1. The molecule has 0 aromatic heterocycles. The van der Waals surface area contributed by atoms with Crippen molar-refractivity contribution in [3.8, 4) is 0 Å². The minimum Gasteiger partial charge on any atom is -0.391 e. The standard InChI is InChI=1S/C8H8BrNO3/c1-5-2-8(10(12)13)6(4-11)3-7(5)9/h2-3,11H,4H2,1H3. The highest BCUT2D eigenvalue weighted by atomic mass is 79.9. The Bertz CT molecular complexity index is 351. The lowest BCUT2D eigenvalue weighted by molar-refractivity contribution is -0.385. The van der Waals surface area contributed by atoms with Gasteiger partial charge in [-0.3, -0.25) is 10.1 Å². The van der Waals surface area contributed by atoms with Crippen LogP contribution in [0.3, 0.4) is 0 Å². The maximum Gasteiger partial charge on any atom is 0.275 e. The third kappa shape index (κ3) is 2.05. The van der Waals surface area contributed by atoms with Crippen molar-refractivity contribution in [2.24, 2.45) is 0 Å². The Morgan fingerprint density at radius 2 is 2.23 bits per heavy atom. The molecule has 0 fully saturated rings. The van der Waals surface area contributed by atoms with E-state index in [-0.39, 0.29) is 12.3 Å². The molecule has 0 amide bonds. The highest BCUT2D eigenvalue weighted by Gasteiger charge is 2.14. The largest absolute Gasteiger partial charge is 0.391 e. The summed E-state index contributed by atoms with van der Waals surface area (Å²) < 4.78 is 0.766. The predicted molar refractivity (Wildman–Crippen MR) is 51.5 cm³/mol. The van der Waals surface area contributed by atoms with E-state index in [1.54, 1.807) is 13.0 Å². The molecule has 70 valence electrons. The minimum atomic E-state index is -0.495. The number of nitrogens with zero attached hydrogens (tertiary/aromatic N) is 1. The fourth-order valence-corrected chi connectivity index (χ4v) is 1.39. The van der Waals surface area contributed by atoms with Crippen LogP contribution in [0.1, 0.15) is 11.1 Å². The van der Waals surface area contributed by atoms with Crippen molar-refractivity contribution in [3.05, 3.63) is 37.8 Å². The van der Waals surface area contributed by atoms with Crippen molar-refractivity contribution in [2.45, 2.75) is 13.5 Å². The third-order valence-corrected chi connectivity index (χ3v) is 2.58. The van der Waals surface area contributed by atoms with E-state index in [1.807, 2.05) is 0 Å². The van der Waals surface area contributed by atoms with Gasteiger partial charge in [-0.1, -0.05) is 15.9 Å². The van der Waals surface area contributed by atoms with Crippen molar-refractivity contribution in [3.63, 3.8) is 0 Å². The van der Waals surface area contributed by atoms with Crippen LogP contribution in [0, 0.1) is 17.0 Å². The number of aryl methyl sites for hydroxylation is 1. The van der Waals surface area contributed by atoms with E-state index in [9.17, 15) is 10.1 Å². The number of aliphatic hydroxyl groups is 1. The summed E-state index contributed by atoms with van der Waals surface area (Å²) in [6.07, 6.45) is 0. The Morgan fingerprint density at radius 1 is 1.62 bits per heavy atom. The number of aliphatic hydroxyl groups excluding tert-OH is 1. The lowest BCUT2D eigenvalue weighted by Gasteiger charge is -2.02. The van der Waals surface area contributed by atoms with E-state index >= 15 is 0 Å². The second-order valence-corrected chi connectivity index (χ2v) is 3.50. The first kappa shape index (κ1) is 10.1. The summed E-state index contributed by atoms with van der Waals surface area (Å²) in [5.41, 5.74) is 1.06. The van der Waals surface area contributed by atoms with Crippen LogP contribution in [0.2, 0.25) is 0 Å². The molecule has 0 aliphatic carbocycles. The lowest BCUT2D eigenvalue weighted by Crippen LogP contribution is -1.96. The molecule has 1 aromatic carbocycles. The molecular weight excluding hydrogens is 238 g/mol. The minimum absolute atomic E-state index is 0.0387. The molecule has 0 saturated heterocycles. The maximum atomic E-state index is 10.5. The van der Waals surface area contributed by atoms with E-state index in [0.29, 0.717) is 5.56 Å². The second kappa shape index (κ2) is 3.85. The van der Waals surface area contributed by atoms with Gasteiger partial charge in [0.1, 0.15) is 0 Å². The van der Waals surface area contributed by atoms with Crippen LogP contribution < -0.4 is 0 Å². The zero-order chi connectivity index (χ0) is 10.0. The molecule has 0 atom stereocenters. The fraction of sp³-hybridized carbons (Fsp3) is 0.250. The SMILES string of the molecule is Cc1cc([N+](=O)[O-])c(CO)cc1Br. The summed E-state index contributed by atoms with van der Waals surface area (Å²) in [4.78, 5) is 10.0. The van der Waals surface area contributed by atoms with Gasteiger partial charge in [0, 0.05) is 10.5 Å². The summed E-state index contributed by atoms with van der Waals surface area (Å²) >= 11 is 3.24. The van der Waals surface area contributed by atoms with Crippen LogP contribution in [0.15, 0.2) is 16.6 Å². The average Bonchev–Trinajstić information content (AvgIpc) is 2.08. The molecule has 0 spiro atoms. The van der Waals surface area contributed by atoms with Crippen LogP contribution in [-0.4, -0.2) is 10.0 Å². The fourth-order valence-electron chi connectivity index (χ4n) is 1.00. The zero-order valence-electron chi connectivity index (χ0n) is 6.95. The molecule has 0 radical (unpaired) electrons. The van der Waals surface area contributed by atoms with Crippen molar-refractivity contribution in [1.82, 2.24) is 0 Å². The first-order valence-corrected chi connectivity index (χ1v) is 4.40. The van der Waals surface area contributed by atoms with E-state index < -0.39 is 4.92 Å². The van der Waals surface area contributed by atoms with Gasteiger partial charge in [0.2, 0.25) is 0 Å². The Morgan fingerprint density at radius 3 is 2.69 bits per heavy atom. The molecule has 0 aliphatic heterocycles. The van der Waals surface area contributed by atoms with Gasteiger partial charge in [0.25, 0.3) is 5.69 Å². The summed E-state index contributed by atoms with van der Waals surface area (Å²) in [5, 5.41) is 19.4. The summed E-state index contributed by atoms with van der Waals surface area (Å²) in [5.74, 6) is 0. The molecule has 5 heteroatoms. The molecular formula is C8H8BrNO3. The molecule has 0 unspecified atom stereocenters. The Balaban J connectivity index is 3.33. The lowest BCUT2D eigenvalue weighted by atomic mass is 10.1. The number of rotatable bonds is 2. The van der Waals surface area contributed by atoms with Gasteiger partial charge in [-0.05, 0) is 18.6 Å². The van der Waals surface area contributed by atoms with Crippen molar-refractivity contribution in [1.29, 1.82) is 0 Å².